The molecule has 2 aromatic rings. The van der Waals surface area contributed by atoms with E-state index in [1.807, 2.05) is 23.3 Å². The number of nitrogens with one attached hydrogen (secondary N) is 1. The van der Waals surface area contributed by atoms with E-state index < -0.39 is 35.7 Å². The van der Waals surface area contributed by atoms with Gasteiger partial charge in [0.05, 0.1) is 12.4 Å². The van der Waals surface area contributed by atoms with Gasteiger partial charge in [0.15, 0.2) is 23.5 Å². The van der Waals surface area contributed by atoms with Gasteiger partial charge in [0, 0.05) is 30.6 Å². The van der Waals surface area contributed by atoms with E-state index in [4.69, 9.17) is 24.7 Å². The van der Waals surface area contributed by atoms with E-state index in [1.54, 1.807) is 38.9 Å². The number of nitrogens with two attached hydrogens (primary N) is 1. The van der Waals surface area contributed by atoms with Gasteiger partial charge in [-0.2, -0.15) is 11.8 Å². The van der Waals surface area contributed by atoms with E-state index in [0.717, 1.165) is 6.42 Å². The monoisotopic (exact) mass is 593 g/mol. The number of anilines is 1. The summed E-state index contributed by atoms with van der Waals surface area (Å²) < 4.78 is 26.1. The highest BCUT2D eigenvalue weighted by Crippen LogP contribution is 2.45. The number of rotatable bonds is 8. The molecule has 3 saturated heterocycles. The van der Waals surface area contributed by atoms with Crippen LogP contribution in [0.3, 0.4) is 0 Å². The molecule has 3 aliphatic rings. The van der Waals surface area contributed by atoms with Crippen LogP contribution in [0.5, 0.6) is 0 Å². The minimum Gasteiger partial charge on any atom is -0.480 e. The van der Waals surface area contributed by atoms with E-state index in [1.165, 1.54) is 6.33 Å². The predicted octanol–water partition coefficient (Wildman–Crippen LogP) is 2.00. The number of nitrogens with zero attached hydrogens (tertiary/aromatic N) is 5. The molecule has 0 aromatic carbocycles. The number of imidazole rings is 1. The number of likely N-dealkylation sites (tertiary alicyclic amines) is 1. The van der Waals surface area contributed by atoms with Crippen molar-refractivity contribution >= 4 is 40.8 Å². The van der Waals surface area contributed by atoms with Crippen LogP contribution in [0, 0.1) is 0 Å². The van der Waals surface area contributed by atoms with Crippen molar-refractivity contribution in [3.8, 4) is 0 Å². The van der Waals surface area contributed by atoms with E-state index in [2.05, 4.69) is 20.3 Å². The fourth-order valence-electron chi connectivity index (χ4n) is 5.58. The summed E-state index contributed by atoms with van der Waals surface area (Å²) in [6.45, 7) is 10.5. The fraction of sp³-hybridized carbons (Fsp3) is 0.731. The Morgan fingerprint density at radius 2 is 2.00 bits per heavy atom. The van der Waals surface area contributed by atoms with Crippen LogP contribution >= 0.6 is 11.8 Å². The summed E-state index contributed by atoms with van der Waals surface area (Å²) >= 11 is 1.70. The van der Waals surface area contributed by atoms with Gasteiger partial charge in [-0.15, -0.1) is 0 Å². The fourth-order valence-corrected chi connectivity index (χ4v) is 6.90. The van der Waals surface area contributed by atoms with E-state index in [9.17, 15) is 14.7 Å². The lowest BCUT2D eigenvalue weighted by molar-refractivity contribution is -0.193. The summed E-state index contributed by atoms with van der Waals surface area (Å²) in [4.78, 5) is 38.7. The topological polar surface area (TPSA) is 176 Å². The van der Waals surface area contributed by atoms with Crippen molar-refractivity contribution < 1.29 is 33.6 Å². The zero-order valence-electron chi connectivity index (χ0n) is 24.0. The van der Waals surface area contributed by atoms with Gasteiger partial charge in [-0.05, 0) is 47.5 Å². The summed E-state index contributed by atoms with van der Waals surface area (Å²) in [5.41, 5.74) is 6.45. The van der Waals surface area contributed by atoms with Gasteiger partial charge in [-0.1, -0.05) is 0 Å². The second-order valence-electron chi connectivity index (χ2n) is 12.0. The molecule has 14 nitrogen and oxygen atoms in total. The van der Waals surface area contributed by atoms with Crippen LogP contribution in [-0.2, 0) is 23.7 Å². The molecular weight excluding hydrogens is 554 g/mol. The van der Waals surface area contributed by atoms with Crippen LogP contribution in [0.25, 0.3) is 11.2 Å². The van der Waals surface area contributed by atoms with E-state index >= 15 is 0 Å². The SMILES string of the molecule is CC(C)(C)OC(=O)NCCN1CCC(SC[C@H]2O[C@@H](n3cnc4c(N)ncnc43)C3OC(C)(C)OC32)CC1C(=O)O. The summed E-state index contributed by atoms with van der Waals surface area (Å²) in [5, 5.41) is 12.8. The van der Waals surface area contributed by atoms with Crippen LogP contribution in [0.4, 0.5) is 10.6 Å². The molecule has 5 heterocycles. The molecule has 0 bridgehead atoms. The maximum absolute atomic E-state index is 12.1. The van der Waals surface area contributed by atoms with Gasteiger partial charge >= 0.3 is 12.1 Å². The number of fused-ring (bicyclic) bond motifs is 2. The molecule has 15 heteroatoms. The summed E-state index contributed by atoms with van der Waals surface area (Å²) in [6.07, 6.45) is 2.33. The number of carbonyl (C=O) groups is 2. The average Bonchev–Trinajstić information content (AvgIpc) is 3.53. The van der Waals surface area contributed by atoms with Crippen LogP contribution in [-0.4, -0.2) is 108 Å². The molecule has 0 saturated carbocycles. The minimum absolute atomic E-state index is 0.129. The molecule has 2 aromatic heterocycles. The summed E-state index contributed by atoms with van der Waals surface area (Å²) in [7, 11) is 0. The number of carboxylic acid groups (broad SMARTS) is 1. The number of piperidine rings is 1. The molecule has 5 rings (SSSR count). The standard InChI is InChI=1S/C26H39N7O7S/c1-25(2,3)40-24(36)28-7-9-32-8-6-14(10-15(32)23(34)35)41-11-16-18-19(39-26(4,5)38-18)22(37-16)33-13-31-17-20(27)29-12-30-21(17)33/h12-16,18-19,22H,6-11H2,1-5H3,(H,28,36)(H,34,35)(H2,27,29,30)/t14?,15?,16-,18?,19?,22-/m1/s1. The van der Waals surface area contributed by atoms with Crippen molar-refractivity contribution in [1.82, 2.24) is 29.7 Å². The van der Waals surface area contributed by atoms with Gasteiger partial charge in [0.2, 0.25) is 0 Å². The van der Waals surface area contributed by atoms with Gasteiger partial charge in [-0.3, -0.25) is 14.3 Å². The van der Waals surface area contributed by atoms with Gasteiger partial charge in [0.25, 0.3) is 0 Å². The smallest absolute Gasteiger partial charge is 0.407 e. The molecule has 226 valence electrons. The average molecular weight is 594 g/mol. The highest BCUT2D eigenvalue weighted by atomic mass is 32.2. The summed E-state index contributed by atoms with van der Waals surface area (Å²) in [5.74, 6) is -0.748. The zero-order chi connectivity index (χ0) is 29.5. The summed E-state index contributed by atoms with van der Waals surface area (Å²) in [6, 6.07) is -0.640. The largest absolute Gasteiger partial charge is 0.480 e. The minimum atomic E-state index is -0.868. The first kappa shape index (κ1) is 29.8. The number of carbonyl (C=O) groups excluding carboxylic acids is 1. The van der Waals surface area contributed by atoms with Gasteiger partial charge in [0.1, 0.15) is 35.7 Å². The third kappa shape index (κ3) is 6.69. The Kier molecular flexibility index (Phi) is 8.36. The first-order valence-electron chi connectivity index (χ1n) is 13.8. The third-order valence-corrected chi connectivity index (χ3v) is 8.72. The van der Waals surface area contributed by atoms with Crippen molar-refractivity contribution in [3.63, 3.8) is 0 Å². The number of carboxylic acids is 1. The third-order valence-electron chi connectivity index (χ3n) is 7.30. The molecule has 3 aliphatic heterocycles. The number of nitrogen functional groups attached to an aromatic ring is 1. The highest BCUT2D eigenvalue weighted by molar-refractivity contribution is 7.99. The van der Waals surface area contributed by atoms with Crippen molar-refractivity contribution in [1.29, 1.82) is 0 Å². The quantitative estimate of drug-likeness (QED) is 0.405. The van der Waals surface area contributed by atoms with Crippen molar-refractivity contribution in [2.45, 2.75) is 94.7 Å². The lowest BCUT2D eigenvalue weighted by Crippen LogP contribution is -2.50. The Morgan fingerprint density at radius 1 is 1.24 bits per heavy atom. The van der Waals surface area contributed by atoms with Crippen LogP contribution < -0.4 is 11.1 Å². The Labute approximate surface area is 242 Å². The van der Waals surface area contributed by atoms with Gasteiger partial charge in [-0.25, -0.2) is 19.7 Å². The number of hydrogen-bond acceptors (Lipinski definition) is 12. The van der Waals surface area contributed by atoms with E-state index in [0.29, 0.717) is 48.8 Å². The molecule has 0 spiro atoms. The maximum Gasteiger partial charge on any atom is 0.407 e. The van der Waals surface area contributed by atoms with Gasteiger partial charge < -0.3 is 35.1 Å². The van der Waals surface area contributed by atoms with Crippen molar-refractivity contribution in [2.24, 2.45) is 0 Å². The van der Waals surface area contributed by atoms with Crippen LogP contribution in [0.15, 0.2) is 12.7 Å². The number of ether oxygens (including phenoxy) is 4. The first-order chi connectivity index (χ1) is 19.3. The maximum atomic E-state index is 12.1. The number of aromatic nitrogens is 4. The lowest BCUT2D eigenvalue weighted by atomic mass is 10.0. The second-order valence-corrected chi connectivity index (χ2v) is 13.3. The van der Waals surface area contributed by atoms with Crippen molar-refractivity contribution in [3.05, 3.63) is 12.7 Å². The predicted molar refractivity (Wildman–Crippen MR) is 150 cm³/mol. The first-order valence-corrected chi connectivity index (χ1v) is 14.9. The molecule has 41 heavy (non-hydrogen) atoms. The lowest BCUT2D eigenvalue weighted by Gasteiger charge is -2.37. The Hall–Kier alpha value is -2.72. The number of amides is 1. The molecular formula is C26H39N7O7S. The Morgan fingerprint density at radius 3 is 2.73 bits per heavy atom. The van der Waals surface area contributed by atoms with Crippen LogP contribution in [0.2, 0.25) is 0 Å². The van der Waals surface area contributed by atoms with Crippen molar-refractivity contribution in [2.75, 3.05) is 31.1 Å². The number of thioether (sulfide) groups is 1. The normalized spacial score (nSPS) is 29.9. The Balaban J connectivity index is 1.19. The molecule has 4 N–H and O–H groups in total. The molecule has 4 unspecified atom stereocenters. The molecule has 0 radical (unpaired) electrons. The number of hydrogen-bond donors (Lipinski definition) is 3. The molecule has 1 amide bonds. The second kappa shape index (κ2) is 11.5. The highest BCUT2D eigenvalue weighted by Gasteiger charge is 2.56. The Bertz CT molecular complexity index is 1270. The number of alkyl carbamates (subject to hydrolysis) is 1. The van der Waals surface area contributed by atoms with Crippen LogP contribution in [0.1, 0.15) is 53.7 Å². The van der Waals surface area contributed by atoms with E-state index in [-0.39, 0.29) is 23.6 Å². The molecule has 6 atom stereocenters. The molecule has 0 aliphatic carbocycles. The number of aliphatic carboxylic acids is 1. The molecule has 3 fully saturated rings. The zero-order valence-corrected chi connectivity index (χ0v) is 24.8.